The highest BCUT2D eigenvalue weighted by Gasteiger charge is 2.16. The molecule has 0 N–H and O–H groups in total. The van der Waals surface area contributed by atoms with Crippen molar-refractivity contribution in [3.63, 3.8) is 0 Å². The minimum atomic E-state index is 0.0907. The lowest BCUT2D eigenvalue weighted by Crippen LogP contribution is -2.11. The van der Waals surface area contributed by atoms with Crippen molar-refractivity contribution in [2.45, 2.75) is 26.2 Å². The van der Waals surface area contributed by atoms with E-state index < -0.39 is 0 Å². The third-order valence-corrected chi connectivity index (χ3v) is 5.09. The average Bonchev–Trinajstić information content (AvgIpc) is 2.74. The van der Waals surface area contributed by atoms with E-state index in [-0.39, 0.29) is 5.41 Å². The summed E-state index contributed by atoms with van der Waals surface area (Å²) in [5.74, 6) is 0. The van der Waals surface area contributed by atoms with Gasteiger partial charge >= 0.3 is 0 Å². The van der Waals surface area contributed by atoms with Crippen molar-refractivity contribution < 1.29 is 0 Å². The summed E-state index contributed by atoms with van der Waals surface area (Å²) in [5, 5.41) is 0. The number of benzene rings is 3. The van der Waals surface area contributed by atoms with Crippen LogP contribution in [0.3, 0.4) is 0 Å². The normalized spacial score (nSPS) is 11.4. The summed E-state index contributed by atoms with van der Waals surface area (Å²) in [7, 11) is 0. The Morgan fingerprint density at radius 3 is 1.68 bits per heavy atom. The molecular weight excluding hydrogens is 338 g/mol. The van der Waals surface area contributed by atoms with Crippen LogP contribution in [0.5, 0.6) is 0 Å². The molecule has 0 spiro atoms. The summed E-state index contributed by atoms with van der Waals surface area (Å²) >= 11 is 0. The fraction of sp³-hybridized carbons (Fsp3) is 0.148. The molecule has 0 bridgehead atoms. The topological polar surface area (TPSA) is 12.9 Å². The highest BCUT2D eigenvalue weighted by Crippen LogP contribution is 2.34. The average molecular weight is 364 g/mol. The highest BCUT2D eigenvalue weighted by molar-refractivity contribution is 5.76. The van der Waals surface area contributed by atoms with Crippen molar-refractivity contribution in [2.24, 2.45) is 0 Å². The largest absolute Gasteiger partial charge is 0.256 e. The molecule has 1 aromatic heterocycles. The predicted octanol–water partition coefficient (Wildman–Crippen LogP) is 7.38. The van der Waals surface area contributed by atoms with E-state index in [9.17, 15) is 0 Å². The van der Waals surface area contributed by atoms with Gasteiger partial charge in [-0.15, -0.1) is 0 Å². The molecule has 28 heavy (non-hydrogen) atoms. The van der Waals surface area contributed by atoms with E-state index in [0.717, 1.165) is 11.3 Å². The molecule has 0 aliphatic heterocycles. The van der Waals surface area contributed by atoms with Crippen LogP contribution in [0.4, 0.5) is 0 Å². The summed E-state index contributed by atoms with van der Waals surface area (Å²) in [4.78, 5) is 4.45. The zero-order chi connectivity index (χ0) is 19.6. The van der Waals surface area contributed by atoms with Crippen molar-refractivity contribution in [3.05, 3.63) is 103 Å². The molecule has 0 saturated heterocycles. The van der Waals surface area contributed by atoms with E-state index >= 15 is 0 Å². The molecule has 4 rings (SSSR count). The van der Waals surface area contributed by atoms with Crippen LogP contribution in [0.25, 0.3) is 33.5 Å². The lowest BCUT2D eigenvalue weighted by atomic mass is 9.83. The highest BCUT2D eigenvalue weighted by atomic mass is 14.7. The van der Waals surface area contributed by atoms with E-state index in [1.54, 1.807) is 0 Å². The van der Waals surface area contributed by atoms with Gasteiger partial charge in [-0.1, -0.05) is 93.6 Å². The maximum Gasteiger partial charge on any atom is 0.0701 e. The summed E-state index contributed by atoms with van der Waals surface area (Å²) in [6.07, 6.45) is 1.84. The maximum atomic E-state index is 4.45. The fourth-order valence-corrected chi connectivity index (χ4v) is 3.39. The molecule has 0 fully saturated rings. The molecule has 0 amide bonds. The van der Waals surface area contributed by atoms with Gasteiger partial charge in [0, 0.05) is 11.8 Å². The van der Waals surface area contributed by atoms with E-state index in [1.807, 2.05) is 24.4 Å². The smallest absolute Gasteiger partial charge is 0.0701 e. The molecule has 0 radical (unpaired) electrons. The van der Waals surface area contributed by atoms with Crippen molar-refractivity contribution in [1.82, 2.24) is 4.98 Å². The minimum Gasteiger partial charge on any atom is -0.256 e. The van der Waals surface area contributed by atoms with Crippen LogP contribution in [0.2, 0.25) is 0 Å². The second kappa shape index (κ2) is 7.44. The van der Waals surface area contributed by atoms with Gasteiger partial charge in [-0.2, -0.15) is 0 Å². The van der Waals surface area contributed by atoms with Crippen molar-refractivity contribution in [1.29, 1.82) is 0 Å². The zero-order valence-electron chi connectivity index (χ0n) is 16.7. The molecule has 4 aromatic rings. The Morgan fingerprint density at radius 1 is 0.536 bits per heavy atom. The van der Waals surface area contributed by atoms with E-state index in [4.69, 9.17) is 0 Å². The minimum absolute atomic E-state index is 0.0907. The van der Waals surface area contributed by atoms with Crippen LogP contribution in [-0.4, -0.2) is 4.98 Å². The van der Waals surface area contributed by atoms with Gasteiger partial charge in [0.2, 0.25) is 0 Å². The maximum absolute atomic E-state index is 4.45. The molecule has 138 valence electrons. The second-order valence-electron chi connectivity index (χ2n) is 8.21. The van der Waals surface area contributed by atoms with Gasteiger partial charge in [-0.3, -0.25) is 4.98 Å². The number of aromatic nitrogens is 1. The third-order valence-electron chi connectivity index (χ3n) is 5.09. The summed E-state index contributed by atoms with van der Waals surface area (Å²) in [6.45, 7) is 6.81. The third kappa shape index (κ3) is 3.89. The summed E-state index contributed by atoms with van der Waals surface area (Å²) in [5.41, 5.74) is 8.56. The van der Waals surface area contributed by atoms with Crippen molar-refractivity contribution in [2.75, 3.05) is 0 Å². The molecule has 1 nitrogen and oxygen atoms in total. The van der Waals surface area contributed by atoms with Gasteiger partial charge < -0.3 is 0 Å². The standard InChI is InChI=1S/C27H25N/c1-27(2,3)25-18-23(20-9-5-4-6-10-20)17-24(19-25)21-12-14-22(15-13-21)26-11-7-8-16-28-26/h4-19H,1-3H3. The SMILES string of the molecule is CC(C)(C)c1cc(-c2ccccc2)cc(-c2ccc(-c3ccccn3)cc2)c1. The number of hydrogen-bond acceptors (Lipinski definition) is 1. The molecule has 0 atom stereocenters. The Bertz CT molecular complexity index is 1060. The molecule has 0 unspecified atom stereocenters. The van der Waals surface area contributed by atoms with Crippen LogP contribution in [0.1, 0.15) is 26.3 Å². The van der Waals surface area contributed by atoms with Gasteiger partial charge in [0.25, 0.3) is 0 Å². The van der Waals surface area contributed by atoms with E-state index in [0.29, 0.717) is 0 Å². The first-order chi connectivity index (χ1) is 13.5. The first-order valence-corrected chi connectivity index (χ1v) is 9.73. The predicted molar refractivity (Wildman–Crippen MR) is 119 cm³/mol. The van der Waals surface area contributed by atoms with Crippen molar-refractivity contribution in [3.8, 4) is 33.5 Å². The van der Waals surface area contributed by atoms with Crippen LogP contribution >= 0.6 is 0 Å². The Balaban J connectivity index is 1.78. The Morgan fingerprint density at radius 2 is 1.11 bits per heavy atom. The number of pyridine rings is 1. The molecule has 0 saturated carbocycles. The fourth-order valence-electron chi connectivity index (χ4n) is 3.39. The number of nitrogens with zero attached hydrogens (tertiary/aromatic N) is 1. The molecular formula is C27H25N. The quantitative estimate of drug-likeness (QED) is 0.370. The molecule has 1 heteroatoms. The van der Waals surface area contributed by atoms with Crippen LogP contribution in [0.15, 0.2) is 97.2 Å². The Labute approximate surface area is 167 Å². The van der Waals surface area contributed by atoms with Crippen molar-refractivity contribution >= 4 is 0 Å². The Kier molecular flexibility index (Phi) is 4.83. The lowest BCUT2D eigenvalue weighted by Gasteiger charge is -2.22. The van der Waals surface area contributed by atoms with Gasteiger partial charge in [-0.05, 0) is 51.4 Å². The number of rotatable bonds is 3. The van der Waals surface area contributed by atoms with Crippen LogP contribution in [0, 0.1) is 0 Å². The lowest BCUT2D eigenvalue weighted by molar-refractivity contribution is 0.590. The van der Waals surface area contributed by atoms with E-state index in [1.165, 1.54) is 27.8 Å². The van der Waals surface area contributed by atoms with E-state index in [2.05, 4.69) is 98.6 Å². The zero-order valence-corrected chi connectivity index (χ0v) is 16.7. The molecule has 1 heterocycles. The van der Waals surface area contributed by atoms with Gasteiger partial charge in [-0.25, -0.2) is 0 Å². The molecule has 0 aliphatic rings. The second-order valence-corrected chi connectivity index (χ2v) is 8.21. The molecule has 3 aromatic carbocycles. The summed E-state index contributed by atoms with van der Waals surface area (Å²) in [6, 6.07) is 32.3. The summed E-state index contributed by atoms with van der Waals surface area (Å²) < 4.78 is 0. The molecule has 0 aliphatic carbocycles. The first-order valence-electron chi connectivity index (χ1n) is 9.73. The van der Waals surface area contributed by atoms with Crippen LogP contribution in [-0.2, 0) is 5.41 Å². The van der Waals surface area contributed by atoms with Gasteiger partial charge in [0.15, 0.2) is 0 Å². The number of hydrogen-bond donors (Lipinski definition) is 0. The first kappa shape index (κ1) is 18.2. The van der Waals surface area contributed by atoms with Gasteiger partial charge in [0.05, 0.1) is 5.69 Å². The van der Waals surface area contributed by atoms with Crippen LogP contribution < -0.4 is 0 Å². The monoisotopic (exact) mass is 363 g/mol. The van der Waals surface area contributed by atoms with Gasteiger partial charge in [0.1, 0.15) is 0 Å². The Hall–Kier alpha value is -3.19.